The van der Waals surface area contributed by atoms with Crippen LogP contribution >= 0.6 is 0 Å². The Morgan fingerprint density at radius 3 is 0.784 bits per heavy atom. The predicted molar refractivity (Wildman–Crippen MR) is 218 cm³/mol. The van der Waals surface area contributed by atoms with Gasteiger partial charge < -0.3 is 18.9 Å². The van der Waals surface area contributed by atoms with Gasteiger partial charge in [-0.05, 0) is 19.3 Å². The van der Waals surface area contributed by atoms with Gasteiger partial charge in [0.25, 0.3) is 0 Å². The van der Waals surface area contributed by atoms with E-state index < -0.39 is 16.4 Å². The molecule has 0 amide bonds. The summed E-state index contributed by atoms with van der Waals surface area (Å²) in [5.41, 5.74) is 0. The van der Waals surface area contributed by atoms with E-state index >= 15 is 0 Å². The summed E-state index contributed by atoms with van der Waals surface area (Å²) in [5, 5.41) is 8.52. The van der Waals surface area contributed by atoms with Crippen molar-refractivity contribution >= 4 is 39.4 Å². The fourth-order valence-corrected chi connectivity index (χ4v) is 6.13. The molecule has 1 N–H and O–H groups in total. The van der Waals surface area contributed by atoms with Crippen molar-refractivity contribution in [3.8, 4) is 0 Å². The van der Waals surface area contributed by atoms with Crippen molar-refractivity contribution in [3.05, 3.63) is 0 Å². The molecule has 0 unspecified atom stereocenters. The zero-order chi connectivity index (χ0) is 37.7. The minimum absolute atomic E-state index is 0. The second kappa shape index (κ2) is 52.2. The van der Waals surface area contributed by atoms with Crippen LogP contribution in [-0.4, -0.2) is 64.9 Å². The van der Waals surface area contributed by atoms with E-state index in [2.05, 4.69) is 20.8 Å². The quantitative estimate of drug-likeness (QED) is 0.0287. The van der Waals surface area contributed by atoms with Gasteiger partial charge in [0, 0.05) is 30.0 Å². The van der Waals surface area contributed by atoms with Gasteiger partial charge in [-0.1, -0.05) is 226 Å². The summed E-state index contributed by atoms with van der Waals surface area (Å²) in [5.74, 6) is -0.653. The first-order valence-electron chi connectivity index (χ1n) is 21.6. The van der Waals surface area contributed by atoms with Crippen molar-refractivity contribution in [1.82, 2.24) is 0 Å². The van der Waals surface area contributed by atoms with E-state index in [0.717, 1.165) is 26.1 Å². The van der Waals surface area contributed by atoms with Crippen LogP contribution in [0.1, 0.15) is 252 Å². The van der Waals surface area contributed by atoms with E-state index in [1.54, 1.807) is 0 Å². The van der Waals surface area contributed by atoms with Crippen LogP contribution in [0.3, 0.4) is 0 Å². The topological polar surface area (TPSA) is 127 Å². The molecule has 0 bridgehead atoms. The molecule has 0 saturated carbocycles. The monoisotopic (exact) mass is 759 g/mol. The van der Waals surface area contributed by atoms with Crippen LogP contribution < -0.4 is 0 Å². The van der Waals surface area contributed by atoms with Crippen molar-refractivity contribution < 1.29 is 32.2 Å². The zero-order valence-corrected chi connectivity index (χ0v) is 36.6. The van der Waals surface area contributed by atoms with Gasteiger partial charge in [-0.15, -0.1) is 0 Å². The maximum Gasteiger partial charge on any atom is 2.00 e. The summed E-state index contributed by atoms with van der Waals surface area (Å²) < 4.78 is 39.9. The first kappa shape index (κ1) is 57.8. The fraction of sp³-hybridized carbons (Fsp3) is 0.976. The van der Waals surface area contributed by atoms with Crippen LogP contribution in [-0.2, 0) is 19.9 Å². The number of aliphatic carboxylic acids is 1. The molecule has 0 aliphatic carbocycles. The van der Waals surface area contributed by atoms with Crippen molar-refractivity contribution in [1.29, 1.82) is 0 Å². The van der Waals surface area contributed by atoms with Crippen molar-refractivity contribution in [2.75, 3.05) is 13.2 Å². The Hall–Kier alpha value is 0.0662. The molecule has 0 heterocycles. The molecular formula is C42H86MgO7S. The molecule has 0 aromatic heterocycles. The van der Waals surface area contributed by atoms with Gasteiger partial charge in [-0.25, -0.2) is 0 Å². The van der Waals surface area contributed by atoms with Gasteiger partial charge in [-0.2, -0.15) is 0 Å². The molecule has 0 aromatic rings. The number of unbranched alkanes of at least 4 members (excludes halogenated alkanes) is 32. The number of rotatable bonds is 38. The smallest absolute Gasteiger partial charge is 0.759 e. The van der Waals surface area contributed by atoms with Gasteiger partial charge in [0.05, 0.1) is 0 Å². The largest absolute Gasteiger partial charge is 2.00 e. The Kier molecular flexibility index (Phi) is 59.1. The molecule has 0 radical (unpaired) electrons. The average Bonchev–Trinajstić information content (AvgIpc) is 3.06. The normalized spacial score (nSPS) is 10.9. The van der Waals surface area contributed by atoms with Crippen molar-refractivity contribution in [3.63, 3.8) is 0 Å². The SMILES string of the molecule is CCCCCCCCCCCCCCCCCC(=O)O.CCCCCCCCCCCCOCCCCCCCCCCCC.O=S(=O)([O-])[O-].[Mg+2]. The maximum absolute atomic E-state index is 10.3. The molecule has 0 rings (SSSR count). The first-order chi connectivity index (χ1) is 24.2. The molecule has 0 aromatic carbocycles. The molecule has 304 valence electrons. The molecule has 0 atom stereocenters. The Bertz CT molecular complexity index is 692. The molecule has 0 aliphatic heterocycles. The standard InChI is InChI=1S/C24H50O.C18H36O2.Mg.H2O4S/c1-3-5-7-9-11-13-15-17-19-21-23-25-24-22-20-18-16-14-12-10-8-6-4-2;1-2-3-4-5-6-7-8-9-10-11-12-13-14-15-16-17-18(19)20;;1-5(2,3)4/h3-24H2,1-2H3;2-17H2,1H3,(H,19,20);;(H2,1,2,3,4)/q;;+2;/p-2. The average molecular weight is 760 g/mol. The Morgan fingerprint density at radius 1 is 0.412 bits per heavy atom. The Morgan fingerprint density at radius 2 is 0.588 bits per heavy atom. The zero-order valence-electron chi connectivity index (χ0n) is 34.4. The van der Waals surface area contributed by atoms with Crippen LogP contribution in [0.15, 0.2) is 0 Å². The molecule has 0 spiro atoms. The summed E-state index contributed by atoms with van der Waals surface area (Å²) >= 11 is 0. The van der Waals surface area contributed by atoms with Gasteiger partial charge >= 0.3 is 29.0 Å². The van der Waals surface area contributed by atoms with Gasteiger partial charge in [0.1, 0.15) is 0 Å². The summed E-state index contributed by atoms with van der Waals surface area (Å²) in [6.07, 6.45) is 48.4. The van der Waals surface area contributed by atoms with E-state index in [1.807, 2.05) is 0 Å². The number of hydrogen-bond acceptors (Lipinski definition) is 6. The molecule has 0 aliphatic rings. The van der Waals surface area contributed by atoms with Crippen LogP contribution in [0.2, 0.25) is 0 Å². The molecule has 9 heteroatoms. The molecular weight excluding hydrogens is 673 g/mol. The number of carbonyl (C=O) groups is 1. The molecule has 7 nitrogen and oxygen atoms in total. The summed E-state index contributed by atoms with van der Waals surface area (Å²) in [6.45, 7) is 8.84. The minimum Gasteiger partial charge on any atom is -0.759 e. The summed E-state index contributed by atoms with van der Waals surface area (Å²) in [7, 11) is -5.17. The van der Waals surface area contributed by atoms with E-state index in [1.165, 1.54) is 212 Å². The predicted octanol–water partition coefficient (Wildman–Crippen LogP) is 13.5. The Balaban J connectivity index is -0.000000381. The van der Waals surface area contributed by atoms with Gasteiger partial charge in [-0.3, -0.25) is 13.2 Å². The number of carboxylic acids is 1. The summed E-state index contributed by atoms with van der Waals surface area (Å²) in [6, 6.07) is 0. The maximum atomic E-state index is 10.3. The molecule has 51 heavy (non-hydrogen) atoms. The third-order valence-corrected chi connectivity index (χ3v) is 9.28. The molecule has 0 fully saturated rings. The summed E-state index contributed by atoms with van der Waals surface area (Å²) in [4.78, 5) is 10.3. The molecule has 0 saturated heterocycles. The minimum atomic E-state index is -5.17. The Labute approximate surface area is 335 Å². The second-order valence-corrected chi connectivity index (χ2v) is 15.3. The van der Waals surface area contributed by atoms with Crippen LogP contribution in [0.25, 0.3) is 0 Å². The third kappa shape index (κ3) is 75.8. The van der Waals surface area contributed by atoms with E-state index in [0.29, 0.717) is 6.42 Å². The van der Waals surface area contributed by atoms with Crippen LogP contribution in [0, 0.1) is 0 Å². The van der Waals surface area contributed by atoms with E-state index in [4.69, 9.17) is 27.4 Å². The van der Waals surface area contributed by atoms with E-state index in [9.17, 15) is 4.79 Å². The first-order valence-corrected chi connectivity index (χ1v) is 23.0. The fourth-order valence-electron chi connectivity index (χ4n) is 6.13. The number of hydrogen-bond donors (Lipinski definition) is 1. The third-order valence-electron chi connectivity index (χ3n) is 9.28. The second-order valence-electron chi connectivity index (χ2n) is 14.5. The van der Waals surface area contributed by atoms with Crippen LogP contribution in [0.4, 0.5) is 0 Å². The van der Waals surface area contributed by atoms with Gasteiger partial charge in [0.15, 0.2) is 0 Å². The van der Waals surface area contributed by atoms with E-state index in [-0.39, 0.29) is 23.1 Å². The van der Waals surface area contributed by atoms with Gasteiger partial charge in [0.2, 0.25) is 0 Å². The number of carboxylic acid groups (broad SMARTS) is 1. The van der Waals surface area contributed by atoms with Crippen molar-refractivity contribution in [2.24, 2.45) is 0 Å². The van der Waals surface area contributed by atoms with Crippen molar-refractivity contribution in [2.45, 2.75) is 252 Å². The van der Waals surface area contributed by atoms with Crippen LogP contribution in [0.5, 0.6) is 0 Å². The number of ether oxygens (including phenoxy) is 1.